The summed E-state index contributed by atoms with van der Waals surface area (Å²) >= 11 is 0. The van der Waals surface area contributed by atoms with Crippen molar-refractivity contribution in [1.29, 1.82) is 0 Å². The molecule has 316 valence electrons. The lowest BCUT2D eigenvalue weighted by Gasteiger charge is -2.38. The fraction of sp³-hybridized carbons (Fsp3) is 0.651. The Morgan fingerprint density at radius 1 is 0.825 bits per heavy atom. The van der Waals surface area contributed by atoms with Gasteiger partial charge in [-0.15, -0.1) is 6.58 Å². The highest BCUT2D eigenvalue weighted by atomic mass is 16.6. The van der Waals surface area contributed by atoms with Gasteiger partial charge in [-0.1, -0.05) is 78.0 Å². The predicted octanol–water partition coefficient (Wildman–Crippen LogP) is 3.71. The van der Waals surface area contributed by atoms with Crippen molar-refractivity contribution >= 4 is 41.5 Å². The SMILES string of the molecule is C=CCCC[C@H]1OC(=O)[C@H](C)NC(=O)[C@H](C(C)C)NC(=O)[C@@H]2CCCN2C(=O)[C@H](Cc2ccccc2)OC(=O)[C@@H](C(C)C)N(C)C(=O)[C@H](C(C)C)NC(=O)C1(C)C. The van der Waals surface area contributed by atoms with Crippen molar-refractivity contribution in [2.24, 2.45) is 23.2 Å². The molecule has 2 aliphatic heterocycles. The fourth-order valence-corrected chi connectivity index (χ4v) is 7.33. The topological polar surface area (TPSA) is 181 Å². The van der Waals surface area contributed by atoms with Gasteiger partial charge >= 0.3 is 11.9 Å². The van der Waals surface area contributed by atoms with Gasteiger partial charge in [0.2, 0.25) is 23.6 Å². The van der Waals surface area contributed by atoms with Crippen LogP contribution < -0.4 is 16.0 Å². The Kier molecular flexibility index (Phi) is 16.9. The monoisotopic (exact) mass is 795 g/mol. The molecule has 14 heteroatoms. The van der Waals surface area contributed by atoms with Crippen LogP contribution in [-0.2, 0) is 49.5 Å². The largest absolute Gasteiger partial charge is 0.460 e. The number of nitrogens with one attached hydrogen (secondary N) is 3. The van der Waals surface area contributed by atoms with Crippen molar-refractivity contribution in [1.82, 2.24) is 25.8 Å². The van der Waals surface area contributed by atoms with Gasteiger partial charge in [0.1, 0.15) is 36.3 Å². The second-order valence-corrected chi connectivity index (χ2v) is 17.0. The minimum absolute atomic E-state index is 0.0114. The third-order valence-electron chi connectivity index (χ3n) is 11.0. The van der Waals surface area contributed by atoms with E-state index >= 15 is 0 Å². The summed E-state index contributed by atoms with van der Waals surface area (Å²) in [5.41, 5.74) is -0.639. The maximum atomic E-state index is 14.4. The number of unbranched alkanes of at least 4 members (excludes halogenated alkanes) is 1. The predicted molar refractivity (Wildman–Crippen MR) is 215 cm³/mol. The first kappa shape index (κ1) is 46.6. The summed E-state index contributed by atoms with van der Waals surface area (Å²) in [6, 6.07) is 3.62. The van der Waals surface area contributed by atoms with Crippen LogP contribution in [-0.4, -0.2) is 107 Å². The number of likely N-dealkylation sites (N-methyl/N-ethyl adjacent to an activating group) is 1. The molecule has 14 nitrogen and oxygen atoms in total. The van der Waals surface area contributed by atoms with Crippen LogP contribution in [0.4, 0.5) is 0 Å². The van der Waals surface area contributed by atoms with Gasteiger partial charge < -0.3 is 35.2 Å². The number of esters is 2. The fourth-order valence-electron chi connectivity index (χ4n) is 7.33. The van der Waals surface area contributed by atoms with Crippen molar-refractivity contribution in [3.8, 4) is 0 Å². The molecule has 0 bridgehead atoms. The summed E-state index contributed by atoms with van der Waals surface area (Å²) in [7, 11) is 1.47. The van der Waals surface area contributed by atoms with E-state index in [9.17, 15) is 33.6 Å². The van der Waals surface area contributed by atoms with E-state index in [0.29, 0.717) is 31.2 Å². The van der Waals surface area contributed by atoms with Gasteiger partial charge in [0, 0.05) is 20.0 Å². The molecule has 1 aromatic carbocycles. The van der Waals surface area contributed by atoms with E-state index in [1.54, 1.807) is 85.7 Å². The number of cyclic esters (lactones) is 2. The third kappa shape index (κ3) is 11.9. The highest BCUT2D eigenvalue weighted by Gasteiger charge is 2.45. The molecule has 3 rings (SSSR count). The maximum Gasteiger partial charge on any atom is 0.329 e. The minimum Gasteiger partial charge on any atom is -0.460 e. The van der Waals surface area contributed by atoms with Crippen molar-refractivity contribution in [3.05, 3.63) is 48.6 Å². The molecule has 0 spiro atoms. The average molecular weight is 796 g/mol. The molecule has 0 unspecified atom stereocenters. The maximum absolute atomic E-state index is 14.4. The van der Waals surface area contributed by atoms with Gasteiger partial charge in [0.05, 0.1) is 5.41 Å². The van der Waals surface area contributed by atoms with E-state index < -0.39 is 107 Å². The standard InChI is InChI=1S/C43H65N5O9/c1-12-13-15-22-32-43(9,10)42(55)46-34(26(4)5)39(52)47(11)35(27(6)7)41(54)56-31(24-29-19-16-14-17-20-29)38(51)48-23-18-21-30(48)36(49)45-33(25(2)3)37(50)44-28(8)40(53)57-32/h12,14,16-17,19-20,25-28,30-35H,1,13,15,18,21-24H2,2-11H3,(H,44,50)(H,45,49)(H,46,55)/t28-,30-,31-,32+,33-,34-,35+/m0/s1. The number of rotatable bonds is 9. The molecule has 0 saturated carbocycles. The summed E-state index contributed by atoms with van der Waals surface area (Å²) < 4.78 is 12.0. The van der Waals surface area contributed by atoms with Gasteiger partial charge in [0.15, 0.2) is 6.10 Å². The Hall–Kier alpha value is -4.75. The van der Waals surface area contributed by atoms with Gasteiger partial charge in [-0.05, 0) is 76.2 Å². The number of fused-ring (bicyclic) bond motifs is 1. The Morgan fingerprint density at radius 2 is 1.46 bits per heavy atom. The van der Waals surface area contributed by atoms with E-state index in [1.165, 1.54) is 23.8 Å². The molecule has 2 heterocycles. The van der Waals surface area contributed by atoms with E-state index in [-0.39, 0.29) is 19.4 Å². The molecule has 5 amide bonds. The minimum atomic E-state index is -1.35. The summed E-state index contributed by atoms with van der Waals surface area (Å²) in [6.07, 6.45) is 1.65. The third-order valence-corrected chi connectivity index (χ3v) is 11.0. The normalized spacial score (nSPS) is 27.5. The lowest BCUT2D eigenvalue weighted by molar-refractivity contribution is -0.169. The zero-order valence-corrected chi connectivity index (χ0v) is 35.5. The summed E-state index contributed by atoms with van der Waals surface area (Å²) in [6.45, 7) is 19.2. The molecule has 2 saturated heterocycles. The Morgan fingerprint density at radius 3 is 2.04 bits per heavy atom. The molecule has 2 aliphatic rings. The smallest absolute Gasteiger partial charge is 0.329 e. The molecule has 3 N–H and O–H groups in total. The summed E-state index contributed by atoms with van der Waals surface area (Å²) in [5.74, 6) is -5.77. The van der Waals surface area contributed by atoms with Gasteiger partial charge in [-0.2, -0.15) is 0 Å². The van der Waals surface area contributed by atoms with Crippen LogP contribution in [0.15, 0.2) is 43.0 Å². The number of allylic oxidation sites excluding steroid dienone is 1. The number of carbonyl (C=O) groups excluding carboxylic acids is 7. The Bertz CT molecular complexity index is 1610. The van der Waals surface area contributed by atoms with Crippen LogP contribution in [0.25, 0.3) is 0 Å². The first-order chi connectivity index (χ1) is 26.7. The van der Waals surface area contributed by atoms with Crippen LogP contribution in [0.2, 0.25) is 0 Å². The summed E-state index contributed by atoms with van der Waals surface area (Å²) in [5, 5.41) is 8.35. The number of ether oxygens (including phenoxy) is 2. The van der Waals surface area contributed by atoms with Gasteiger partial charge in [-0.25, -0.2) is 9.59 Å². The quantitative estimate of drug-likeness (QED) is 0.191. The number of amides is 5. The molecule has 7 atom stereocenters. The lowest BCUT2D eigenvalue weighted by atomic mass is 9.82. The average Bonchev–Trinajstić information content (AvgIpc) is 3.64. The molecule has 0 aromatic heterocycles. The molecule has 0 radical (unpaired) electrons. The van der Waals surface area contributed by atoms with Crippen molar-refractivity contribution < 1.29 is 43.0 Å². The van der Waals surface area contributed by atoms with Gasteiger partial charge in [0.25, 0.3) is 5.91 Å². The number of hydrogen-bond donors (Lipinski definition) is 3. The van der Waals surface area contributed by atoms with E-state index in [1.807, 2.05) is 6.07 Å². The van der Waals surface area contributed by atoms with Crippen LogP contribution >= 0.6 is 0 Å². The zero-order valence-electron chi connectivity index (χ0n) is 35.5. The number of nitrogens with zero attached hydrogens (tertiary/aromatic N) is 2. The van der Waals surface area contributed by atoms with E-state index in [2.05, 4.69) is 22.5 Å². The molecular weight excluding hydrogens is 730 g/mol. The number of benzene rings is 1. The number of carbonyl (C=O) groups is 7. The molecule has 0 aliphatic carbocycles. The molecular formula is C43H65N5O9. The lowest BCUT2D eigenvalue weighted by Crippen LogP contribution is -2.60. The molecule has 2 fully saturated rings. The first-order valence-corrected chi connectivity index (χ1v) is 20.3. The highest BCUT2D eigenvalue weighted by Crippen LogP contribution is 2.30. The van der Waals surface area contributed by atoms with E-state index in [0.717, 1.165) is 0 Å². The highest BCUT2D eigenvalue weighted by molar-refractivity contribution is 5.96. The second-order valence-electron chi connectivity index (χ2n) is 17.0. The van der Waals surface area contributed by atoms with Crippen molar-refractivity contribution in [3.63, 3.8) is 0 Å². The molecule has 57 heavy (non-hydrogen) atoms. The van der Waals surface area contributed by atoms with Crippen LogP contribution in [0, 0.1) is 23.2 Å². The summed E-state index contributed by atoms with van der Waals surface area (Å²) in [4.78, 5) is 101. The Labute approximate surface area is 338 Å². The van der Waals surface area contributed by atoms with Crippen molar-refractivity contribution in [2.75, 3.05) is 13.6 Å². The van der Waals surface area contributed by atoms with Crippen LogP contribution in [0.1, 0.15) is 100.0 Å². The second kappa shape index (κ2) is 20.6. The van der Waals surface area contributed by atoms with Crippen LogP contribution in [0.5, 0.6) is 0 Å². The first-order valence-electron chi connectivity index (χ1n) is 20.3. The van der Waals surface area contributed by atoms with Gasteiger partial charge in [-0.3, -0.25) is 24.0 Å². The van der Waals surface area contributed by atoms with E-state index in [4.69, 9.17) is 9.47 Å². The number of hydrogen-bond acceptors (Lipinski definition) is 9. The van der Waals surface area contributed by atoms with Crippen molar-refractivity contribution in [2.45, 2.75) is 143 Å². The Balaban J connectivity index is 2.15. The molecule has 1 aromatic rings. The zero-order chi connectivity index (χ0) is 42.8. The van der Waals surface area contributed by atoms with Crippen LogP contribution in [0.3, 0.4) is 0 Å².